The predicted molar refractivity (Wildman–Crippen MR) is 144 cm³/mol. The molecule has 5 nitrogen and oxygen atoms in total. The molecule has 0 unspecified atom stereocenters. The highest BCUT2D eigenvalue weighted by Crippen LogP contribution is 2.37. The molecule has 184 valence electrons. The van der Waals surface area contributed by atoms with Crippen molar-refractivity contribution in [1.82, 2.24) is 9.80 Å². The Morgan fingerprint density at radius 2 is 1.39 bits per heavy atom. The zero-order valence-electron chi connectivity index (χ0n) is 20.0. The minimum Gasteiger partial charge on any atom is -0.355 e. The molecule has 3 aromatic carbocycles. The number of hydrogen-bond donors (Lipinski definition) is 1. The molecule has 2 aliphatic heterocycles. The van der Waals surface area contributed by atoms with Crippen molar-refractivity contribution in [3.8, 4) is 0 Å². The largest absolute Gasteiger partial charge is 0.355 e. The fraction of sp³-hybridized carbons (Fsp3) is 0.241. The highest BCUT2D eigenvalue weighted by molar-refractivity contribution is 8.04. The van der Waals surface area contributed by atoms with Crippen LogP contribution in [0, 0.1) is 0 Å². The number of piperazine rings is 1. The van der Waals surface area contributed by atoms with E-state index in [9.17, 15) is 9.59 Å². The first-order valence-electron chi connectivity index (χ1n) is 12.3. The Hall–Kier alpha value is -3.06. The van der Waals surface area contributed by atoms with Gasteiger partial charge in [-0.15, -0.1) is 0 Å². The number of quaternary nitrogens is 1. The van der Waals surface area contributed by atoms with Crippen LogP contribution in [-0.4, -0.2) is 54.3 Å². The van der Waals surface area contributed by atoms with Gasteiger partial charge in [-0.25, -0.2) is 0 Å². The van der Waals surface area contributed by atoms with Gasteiger partial charge in [-0.1, -0.05) is 84.0 Å². The van der Waals surface area contributed by atoms with E-state index < -0.39 is 0 Å². The maximum atomic E-state index is 13.6. The van der Waals surface area contributed by atoms with Gasteiger partial charge >= 0.3 is 0 Å². The summed E-state index contributed by atoms with van der Waals surface area (Å²) in [4.78, 5) is 33.6. The second kappa shape index (κ2) is 11.3. The van der Waals surface area contributed by atoms with Crippen LogP contribution >= 0.6 is 23.4 Å². The zero-order valence-corrected chi connectivity index (χ0v) is 21.6. The number of nitrogens with one attached hydrogen (secondary N) is 1. The molecule has 0 spiro atoms. The summed E-state index contributed by atoms with van der Waals surface area (Å²) in [7, 11) is 0. The summed E-state index contributed by atoms with van der Waals surface area (Å²) in [5.74, 6) is -0.385. The molecule has 1 saturated heterocycles. The molecule has 5 rings (SSSR count). The number of rotatable bonds is 8. The first-order chi connectivity index (χ1) is 17.6. The lowest BCUT2D eigenvalue weighted by Crippen LogP contribution is -3.13. The Balaban J connectivity index is 1.34. The van der Waals surface area contributed by atoms with Crippen molar-refractivity contribution in [3.05, 3.63) is 112 Å². The Kier molecular flexibility index (Phi) is 7.75. The molecule has 0 radical (unpaired) electrons. The van der Waals surface area contributed by atoms with E-state index >= 15 is 0 Å². The molecule has 0 bridgehead atoms. The molecular formula is C29H29ClN3O2S+. The lowest BCUT2D eigenvalue weighted by atomic mass is 10.1. The predicted octanol–water partition coefficient (Wildman–Crippen LogP) is 3.66. The highest BCUT2D eigenvalue weighted by atomic mass is 35.5. The number of carbonyl (C=O) groups is 2. The summed E-state index contributed by atoms with van der Waals surface area (Å²) in [6.07, 6.45) is 0.638. The van der Waals surface area contributed by atoms with Gasteiger partial charge in [0.25, 0.3) is 11.8 Å². The van der Waals surface area contributed by atoms with Gasteiger partial charge in [-0.05, 0) is 36.2 Å². The maximum Gasteiger partial charge on any atom is 0.278 e. The summed E-state index contributed by atoms with van der Waals surface area (Å²) in [6, 6.07) is 27.9. The highest BCUT2D eigenvalue weighted by Gasteiger charge is 2.42. The number of imide groups is 1. The number of carbonyl (C=O) groups excluding carboxylic acids is 2. The number of benzene rings is 3. The minimum absolute atomic E-state index is 0.182. The number of nitrogens with zero attached hydrogens (tertiary/aromatic N) is 2. The normalized spacial score (nSPS) is 16.8. The average molecular weight is 519 g/mol. The Labute approximate surface area is 221 Å². The van der Waals surface area contributed by atoms with Gasteiger partial charge in [0, 0.05) is 22.0 Å². The van der Waals surface area contributed by atoms with E-state index in [-0.39, 0.29) is 11.8 Å². The number of amides is 2. The van der Waals surface area contributed by atoms with Crippen LogP contribution in [-0.2, 0) is 22.6 Å². The Bertz CT molecular complexity index is 1240. The smallest absolute Gasteiger partial charge is 0.278 e. The lowest BCUT2D eigenvalue weighted by molar-refractivity contribution is -0.917. The van der Waals surface area contributed by atoms with Crippen LogP contribution < -0.4 is 4.90 Å². The van der Waals surface area contributed by atoms with E-state index in [2.05, 4.69) is 29.2 Å². The van der Waals surface area contributed by atoms with E-state index in [1.54, 1.807) is 0 Å². The molecule has 0 saturated carbocycles. The van der Waals surface area contributed by atoms with Crippen LogP contribution in [0.5, 0.6) is 0 Å². The number of halogens is 1. The van der Waals surface area contributed by atoms with Crippen molar-refractivity contribution in [3.63, 3.8) is 0 Å². The quantitative estimate of drug-likeness (QED) is 0.462. The molecule has 2 aliphatic rings. The third kappa shape index (κ3) is 5.67. The second-order valence-electron chi connectivity index (χ2n) is 9.13. The fourth-order valence-electron chi connectivity index (χ4n) is 4.73. The molecule has 7 heteroatoms. The monoisotopic (exact) mass is 518 g/mol. The zero-order chi connectivity index (χ0) is 24.9. The Morgan fingerprint density at radius 3 is 2.03 bits per heavy atom. The van der Waals surface area contributed by atoms with Crippen LogP contribution in [0.15, 0.2) is 100 Å². The van der Waals surface area contributed by atoms with Crippen molar-refractivity contribution in [1.29, 1.82) is 0 Å². The maximum absolute atomic E-state index is 13.6. The molecule has 2 heterocycles. The van der Waals surface area contributed by atoms with Crippen LogP contribution in [0.4, 0.5) is 0 Å². The minimum atomic E-state index is -0.204. The summed E-state index contributed by atoms with van der Waals surface area (Å²) in [5.41, 5.74) is 2.97. The third-order valence-electron chi connectivity index (χ3n) is 6.69. The van der Waals surface area contributed by atoms with Crippen molar-refractivity contribution in [2.24, 2.45) is 0 Å². The summed E-state index contributed by atoms with van der Waals surface area (Å²) >= 11 is 7.43. The number of thioether (sulfide) groups is 1. The van der Waals surface area contributed by atoms with E-state index in [1.165, 1.54) is 27.1 Å². The van der Waals surface area contributed by atoms with E-state index in [0.29, 0.717) is 28.6 Å². The molecule has 36 heavy (non-hydrogen) atoms. The van der Waals surface area contributed by atoms with E-state index in [4.69, 9.17) is 11.6 Å². The topological polar surface area (TPSA) is 45.1 Å². The lowest BCUT2D eigenvalue weighted by Gasteiger charge is -2.34. The van der Waals surface area contributed by atoms with Crippen molar-refractivity contribution in [2.45, 2.75) is 17.9 Å². The van der Waals surface area contributed by atoms with Gasteiger partial charge in [0.2, 0.25) is 0 Å². The third-order valence-corrected chi connectivity index (χ3v) is 8.02. The Morgan fingerprint density at radius 1 is 0.778 bits per heavy atom. The van der Waals surface area contributed by atoms with Gasteiger partial charge in [-0.3, -0.25) is 14.5 Å². The van der Waals surface area contributed by atoms with Crippen LogP contribution in [0.1, 0.15) is 11.1 Å². The first kappa shape index (κ1) is 24.6. The molecular weight excluding hydrogens is 490 g/mol. The molecule has 2 amide bonds. The van der Waals surface area contributed by atoms with Crippen LogP contribution in [0.3, 0.4) is 0 Å². The van der Waals surface area contributed by atoms with E-state index in [1.807, 2.05) is 60.7 Å². The van der Waals surface area contributed by atoms with Gasteiger partial charge in [0.05, 0.1) is 26.2 Å². The van der Waals surface area contributed by atoms with Crippen molar-refractivity contribution in [2.75, 3.05) is 32.7 Å². The summed E-state index contributed by atoms with van der Waals surface area (Å²) in [6.45, 7) is 4.66. The van der Waals surface area contributed by atoms with Gasteiger partial charge in [0.1, 0.15) is 17.1 Å². The van der Waals surface area contributed by atoms with Gasteiger partial charge in [-0.2, -0.15) is 0 Å². The first-order valence-corrected chi connectivity index (χ1v) is 13.5. The standard InChI is InChI=1S/C29H28ClN3O2S/c30-24-11-13-25(14-12-24)36-27-26(28(34)33(29(27)35)16-15-22-7-3-1-4-8-22)32-19-17-31(18-20-32)21-23-9-5-2-6-10-23/h1-14H,15-21H2/p+1. The molecule has 3 aromatic rings. The molecule has 0 atom stereocenters. The van der Waals surface area contributed by atoms with Gasteiger partial charge < -0.3 is 9.80 Å². The van der Waals surface area contributed by atoms with Crippen molar-refractivity contribution >= 4 is 35.2 Å². The van der Waals surface area contributed by atoms with Crippen LogP contribution in [0.2, 0.25) is 5.02 Å². The van der Waals surface area contributed by atoms with E-state index in [0.717, 1.165) is 43.2 Å². The average Bonchev–Trinajstić information content (AvgIpc) is 3.14. The molecule has 0 aliphatic carbocycles. The SMILES string of the molecule is O=C1C(Sc2ccc(Cl)cc2)=C(N2CC[NH+](Cc3ccccc3)CC2)C(=O)N1CCc1ccccc1. The number of hydrogen-bond acceptors (Lipinski definition) is 4. The summed E-state index contributed by atoms with van der Waals surface area (Å²) < 4.78 is 0. The fourth-order valence-corrected chi connectivity index (χ4v) is 5.87. The van der Waals surface area contributed by atoms with Crippen LogP contribution in [0.25, 0.3) is 0 Å². The summed E-state index contributed by atoms with van der Waals surface area (Å²) in [5, 5.41) is 0.643. The second-order valence-corrected chi connectivity index (χ2v) is 10.7. The van der Waals surface area contributed by atoms with Crippen molar-refractivity contribution < 1.29 is 14.5 Å². The molecule has 1 N–H and O–H groups in total. The van der Waals surface area contributed by atoms with Gasteiger partial charge in [0.15, 0.2) is 0 Å². The molecule has 0 aromatic heterocycles. The molecule has 1 fully saturated rings.